The number of aromatic nitrogens is 1. The normalized spacial score (nSPS) is 17.9. The highest BCUT2D eigenvalue weighted by molar-refractivity contribution is 7.15. The van der Waals surface area contributed by atoms with Crippen molar-refractivity contribution in [3.05, 3.63) is 40.9 Å². The minimum Gasteiger partial charge on any atom is -0.378 e. The number of hydrogen-bond donors (Lipinski definition) is 2. The molecule has 1 saturated heterocycles. The third-order valence-corrected chi connectivity index (χ3v) is 5.00. The number of nitrogens with one attached hydrogen (secondary N) is 2. The summed E-state index contributed by atoms with van der Waals surface area (Å²) in [6, 6.07) is 10.2. The van der Waals surface area contributed by atoms with Crippen molar-refractivity contribution >= 4 is 17.2 Å². The maximum atomic E-state index is 12.1. The minimum absolute atomic E-state index is 0.0436. The molecule has 0 bridgehead atoms. The molecule has 2 aromatic rings. The minimum atomic E-state index is 0.0436. The SMILES string of the molecule is Cc1nc(-c2ccccc2)sc1CNC(=O)CC1COCCN1. The van der Waals surface area contributed by atoms with Gasteiger partial charge in [0.2, 0.25) is 5.91 Å². The van der Waals surface area contributed by atoms with E-state index in [0.29, 0.717) is 19.6 Å². The van der Waals surface area contributed by atoms with E-state index in [2.05, 4.69) is 27.8 Å². The first kappa shape index (κ1) is 16.1. The highest BCUT2D eigenvalue weighted by Gasteiger charge is 2.17. The lowest BCUT2D eigenvalue weighted by atomic mass is 10.2. The zero-order chi connectivity index (χ0) is 16.1. The van der Waals surface area contributed by atoms with E-state index >= 15 is 0 Å². The molecule has 1 unspecified atom stereocenters. The molecule has 1 aliphatic heterocycles. The highest BCUT2D eigenvalue weighted by atomic mass is 32.1. The Morgan fingerprint density at radius 3 is 3.00 bits per heavy atom. The van der Waals surface area contributed by atoms with E-state index < -0.39 is 0 Å². The number of aryl methyl sites for hydroxylation is 1. The number of nitrogens with zero attached hydrogens (tertiary/aromatic N) is 1. The Labute approximate surface area is 140 Å². The third-order valence-electron chi connectivity index (χ3n) is 3.79. The van der Waals surface area contributed by atoms with Crippen LogP contribution >= 0.6 is 11.3 Å². The molecule has 5 nitrogen and oxygen atoms in total. The van der Waals surface area contributed by atoms with E-state index in [1.165, 1.54) is 0 Å². The molecule has 2 heterocycles. The van der Waals surface area contributed by atoms with Crippen molar-refractivity contribution in [3.63, 3.8) is 0 Å². The second kappa shape index (κ2) is 7.68. The molecule has 1 aromatic carbocycles. The van der Waals surface area contributed by atoms with E-state index in [1.54, 1.807) is 11.3 Å². The van der Waals surface area contributed by atoms with Gasteiger partial charge >= 0.3 is 0 Å². The summed E-state index contributed by atoms with van der Waals surface area (Å²) in [4.78, 5) is 17.8. The summed E-state index contributed by atoms with van der Waals surface area (Å²) < 4.78 is 5.37. The summed E-state index contributed by atoms with van der Waals surface area (Å²) in [6.07, 6.45) is 0.448. The van der Waals surface area contributed by atoms with Crippen molar-refractivity contribution in [1.82, 2.24) is 15.6 Å². The first-order chi connectivity index (χ1) is 11.2. The monoisotopic (exact) mass is 331 g/mol. The summed E-state index contributed by atoms with van der Waals surface area (Å²) in [7, 11) is 0. The van der Waals surface area contributed by atoms with Gasteiger partial charge in [-0.1, -0.05) is 30.3 Å². The van der Waals surface area contributed by atoms with Gasteiger partial charge in [0.25, 0.3) is 0 Å². The van der Waals surface area contributed by atoms with Crippen molar-refractivity contribution in [3.8, 4) is 10.6 Å². The van der Waals surface area contributed by atoms with Gasteiger partial charge in [-0.05, 0) is 6.92 Å². The van der Waals surface area contributed by atoms with E-state index in [1.807, 2.05) is 25.1 Å². The van der Waals surface area contributed by atoms with Crippen LogP contribution in [0.1, 0.15) is 17.0 Å². The van der Waals surface area contributed by atoms with E-state index in [9.17, 15) is 4.79 Å². The molecule has 1 aliphatic rings. The highest BCUT2D eigenvalue weighted by Crippen LogP contribution is 2.27. The van der Waals surface area contributed by atoms with Gasteiger partial charge in [0.1, 0.15) is 5.01 Å². The quantitative estimate of drug-likeness (QED) is 0.881. The van der Waals surface area contributed by atoms with Gasteiger partial charge in [-0.2, -0.15) is 0 Å². The largest absolute Gasteiger partial charge is 0.378 e. The smallest absolute Gasteiger partial charge is 0.221 e. The fourth-order valence-electron chi connectivity index (χ4n) is 2.52. The molecule has 1 atom stereocenters. The Kier molecular flexibility index (Phi) is 5.38. The van der Waals surface area contributed by atoms with Gasteiger partial charge in [0.05, 0.1) is 25.5 Å². The van der Waals surface area contributed by atoms with Crippen LogP contribution in [-0.2, 0) is 16.1 Å². The van der Waals surface area contributed by atoms with Crippen molar-refractivity contribution in [2.24, 2.45) is 0 Å². The molecule has 2 N–H and O–H groups in total. The lowest BCUT2D eigenvalue weighted by Gasteiger charge is -2.23. The summed E-state index contributed by atoms with van der Waals surface area (Å²) in [6.45, 7) is 4.65. The fraction of sp³-hybridized carbons (Fsp3) is 0.412. The molecule has 0 spiro atoms. The number of morpholine rings is 1. The van der Waals surface area contributed by atoms with Gasteiger partial charge in [0, 0.05) is 29.4 Å². The molecule has 1 fully saturated rings. The number of carbonyl (C=O) groups is 1. The van der Waals surface area contributed by atoms with Gasteiger partial charge in [0.15, 0.2) is 0 Å². The van der Waals surface area contributed by atoms with Crippen LogP contribution in [0.2, 0.25) is 0 Å². The number of hydrogen-bond acceptors (Lipinski definition) is 5. The Hall–Kier alpha value is -1.76. The Morgan fingerprint density at radius 1 is 1.43 bits per heavy atom. The Balaban J connectivity index is 1.56. The van der Waals surface area contributed by atoms with Crippen LogP contribution in [0.3, 0.4) is 0 Å². The lowest BCUT2D eigenvalue weighted by molar-refractivity contribution is -0.122. The summed E-state index contributed by atoms with van der Waals surface area (Å²) >= 11 is 1.63. The van der Waals surface area contributed by atoms with Crippen LogP contribution in [0.25, 0.3) is 10.6 Å². The number of carbonyl (C=O) groups excluding carboxylic acids is 1. The van der Waals surface area contributed by atoms with Crippen LogP contribution in [0.5, 0.6) is 0 Å². The van der Waals surface area contributed by atoms with Crippen molar-refractivity contribution < 1.29 is 9.53 Å². The number of benzene rings is 1. The van der Waals surface area contributed by atoms with Gasteiger partial charge in [-0.3, -0.25) is 4.79 Å². The topological polar surface area (TPSA) is 63.2 Å². The summed E-state index contributed by atoms with van der Waals surface area (Å²) in [5.74, 6) is 0.0436. The zero-order valence-electron chi connectivity index (χ0n) is 13.2. The summed E-state index contributed by atoms with van der Waals surface area (Å²) in [5.41, 5.74) is 2.09. The van der Waals surface area contributed by atoms with Crippen LogP contribution < -0.4 is 10.6 Å². The standard InChI is InChI=1S/C17H21N3O2S/c1-12-15(23-17(20-12)13-5-3-2-4-6-13)10-19-16(21)9-14-11-22-8-7-18-14/h2-6,14,18H,7-11H2,1H3,(H,19,21). The molecule has 122 valence electrons. The molecule has 1 amide bonds. The average molecular weight is 331 g/mol. The molecule has 1 aromatic heterocycles. The van der Waals surface area contributed by atoms with Crippen LogP contribution in [0, 0.1) is 6.92 Å². The predicted octanol–water partition coefficient (Wildman–Crippen LogP) is 2.11. The molecule has 6 heteroatoms. The van der Waals surface area contributed by atoms with Crippen LogP contribution in [0.15, 0.2) is 30.3 Å². The van der Waals surface area contributed by atoms with Gasteiger partial charge < -0.3 is 15.4 Å². The fourth-order valence-corrected chi connectivity index (χ4v) is 3.53. The maximum Gasteiger partial charge on any atom is 0.221 e. The Morgan fingerprint density at radius 2 is 2.26 bits per heavy atom. The van der Waals surface area contributed by atoms with Crippen molar-refractivity contribution in [2.45, 2.75) is 25.9 Å². The van der Waals surface area contributed by atoms with Crippen molar-refractivity contribution in [2.75, 3.05) is 19.8 Å². The molecule has 0 radical (unpaired) electrons. The average Bonchev–Trinajstić information content (AvgIpc) is 2.96. The predicted molar refractivity (Wildman–Crippen MR) is 91.4 cm³/mol. The number of amides is 1. The maximum absolute atomic E-state index is 12.1. The molecule has 23 heavy (non-hydrogen) atoms. The number of ether oxygens (including phenoxy) is 1. The molecule has 0 aliphatic carbocycles. The third kappa shape index (κ3) is 4.37. The summed E-state index contributed by atoms with van der Waals surface area (Å²) in [5, 5.41) is 7.27. The van der Waals surface area contributed by atoms with Crippen LogP contribution in [0.4, 0.5) is 0 Å². The first-order valence-corrected chi connectivity index (χ1v) is 8.63. The van der Waals surface area contributed by atoms with E-state index in [-0.39, 0.29) is 11.9 Å². The van der Waals surface area contributed by atoms with E-state index in [0.717, 1.165) is 34.3 Å². The molecule has 3 rings (SSSR count). The number of rotatable bonds is 5. The van der Waals surface area contributed by atoms with Gasteiger partial charge in [-0.25, -0.2) is 4.98 Å². The van der Waals surface area contributed by atoms with Crippen molar-refractivity contribution in [1.29, 1.82) is 0 Å². The second-order valence-electron chi connectivity index (χ2n) is 5.60. The zero-order valence-corrected chi connectivity index (χ0v) is 14.0. The van der Waals surface area contributed by atoms with E-state index in [4.69, 9.17) is 4.74 Å². The lowest BCUT2D eigenvalue weighted by Crippen LogP contribution is -2.44. The Bertz CT molecular complexity index is 651. The van der Waals surface area contributed by atoms with Crippen LogP contribution in [-0.4, -0.2) is 36.7 Å². The van der Waals surface area contributed by atoms with Gasteiger partial charge in [-0.15, -0.1) is 11.3 Å². The number of thiazole rings is 1. The second-order valence-corrected chi connectivity index (χ2v) is 6.68. The molecule has 0 saturated carbocycles. The molecular formula is C17H21N3O2S. The first-order valence-electron chi connectivity index (χ1n) is 7.82. The molecular weight excluding hydrogens is 310 g/mol.